The van der Waals surface area contributed by atoms with Crippen LogP contribution < -0.4 is 5.32 Å². The molecule has 0 aliphatic carbocycles. The molecular weight excluding hydrogens is 324 g/mol. The molecule has 0 spiro atoms. The fourth-order valence-electron chi connectivity index (χ4n) is 3.08. The van der Waals surface area contributed by atoms with Crippen LogP contribution in [0.2, 0.25) is 5.02 Å². The Morgan fingerprint density at radius 2 is 2.08 bits per heavy atom. The Morgan fingerprint density at radius 1 is 1.33 bits per heavy atom. The van der Waals surface area contributed by atoms with Crippen LogP contribution in [0, 0.1) is 11.3 Å². The Morgan fingerprint density at radius 3 is 2.71 bits per heavy atom. The predicted molar refractivity (Wildman–Crippen MR) is 91.6 cm³/mol. The van der Waals surface area contributed by atoms with Crippen molar-refractivity contribution in [1.29, 1.82) is 5.26 Å². The second-order valence-corrected chi connectivity index (χ2v) is 6.33. The number of aromatic nitrogens is 1. The van der Waals surface area contributed by atoms with Gasteiger partial charge in [0, 0.05) is 17.8 Å². The molecule has 122 valence electrons. The summed E-state index contributed by atoms with van der Waals surface area (Å²) in [5.74, 6) is -0.223. The number of nitrogens with zero attached hydrogens (tertiary/aromatic N) is 3. The first-order valence-corrected chi connectivity index (χ1v) is 8.09. The summed E-state index contributed by atoms with van der Waals surface area (Å²) in [5.41, 5.74) is 1.88. The Hall–Kier alpha value is -2.42. The van der Waals surface area contributed by atoms with E-state index in [0.717, 1.165) is 18.5 Å². The molecule has 1 aliphatic heterocycles. The third-order valence-electron chi connectivity index (χ3n) is 4.30. The van der Waals surface area contributed by atoms with Crippen molar-refractivity contribution in [3.05, 3.63) is 64.4 Å². The van der Waals surface area contributed by atoms with Crippen LogP contribution >= 0.6 is 11.6 Å². The van der Waals surface area contributed by atoms with Crippen molar-refractivity contribution >= 4 is 17.5 Å². The average Bonchev–Trinajstić information content (AvgIpc) is 2.96. The first-order valence-electron chi connectivity index (χ1n) is 7.71. The van der Waals surface area contributed by atoms with Gasteiger partial charge in [-0.2, -0.15) is 5.26 Å². The lowest BCUT2D eigenvalue weighted by atomic mass is 10.00. The van der Waals surface area contributed by atoms with E-state index in [1.165, 1.54) is 6.20 Å². The molecule has 24 heavy (non-hydrogen) atoms. The van der Waals surface area contributed by atoms with Crippen molar-refractivity contribution in [3.8, 4) is 6.07 Å². The lowest BCUT2D eigenvalue weighted by molar-refractivity contribution is 0.0922. The van der Waals surface area contributed by atoms with Crippen molar-refractivity contribution in [3.63, 3.8) is 0 Å². The SMILES string of the molecule is CN1CC[C@H](NC(=O)c2ccc(C#N)cn2)[C@H]1c1ccc(Cl)cc1. The van der Waals surface area contributed by atoms with Crippen LogP contribution in [-0.4, -0.2) is 35.4 Å². The molecule has 3 rings (SSSR count). The number of halogens is 1. The van der Waals surface area contributed by atoms with Crippen molar-refractivity contribution in [2.24, 2.45) is 0 Å². The predicted octanol–water partition coefficient (Wildman–Crippen LogP) is 2.78. The van der Waals surface area contributed by atoms with Gasteiger partial charge in [-0.3, -0.25) is 9.69 Å². The summed E-state index contributed by atoms with van der Waals surface area (Å²) in [5, 5.41) is 12.6. The van der Waals surface area contributed by atoms with Crippen LogP contribution in [-0.2, 0) is 0 Å². The molecule has 1 amide bonds. The van der Waals surface area contributed by atoms with Crippen molar-refractivity contribution < 1.29 is 4.79 Å². The molecule has 0 saturated carbocycles. The number of benzene rings is 1. The summed E-state index contributed by atoms with van der Waals surface area (Å²) < 4.78 is 0. The monoisotopic (exact) mass is 340 g/mol. The minimum absolute atomic E-state index is 0.00104. The van der Waals surface area contributed by atoms with E-state index in [1.807, 2.05) is 37.4 Å². The molecule has 2 heterocycles. The number of carbonyl (C=O) groups excluding carboxylic acids is 1. The number of carbonyl (C=O) groups is 1. The first-order chi connectivity index (χ1) is 11.6. The second-order valence-electron chi connectivity index (χ2n) is 5.89. The smallest absolute Gasteiger partial charge is 0.270 e. The van der Waals surface area contributed by atoms with Crippen LogP contribution in [0.4, 0.5) is 0 Å². The zero-order valence-corrected chi connectivity index (χ0v) is 14.0. The molecule has 6 heteroatoms. The van der Waals surface area contributed by atoms with E-state index in [-0.39, 0.29) is 18.0 Å². The Labute approximate surface area is 145 Å². The normalized spacial score (nSPS) is 20.5. The van der Waals surface area contributed by atoms with Crippen LogP contribution in [0.1, 0.15) is 34.1 Å². The van der Waals surface area contributed by atoms with E-state index in [0.29, 0.717) is 16.3 Å². The van der Waals surface area contributed by atoms with Crippen LogP contribution in [0.25, 0.3) is 0 Å². The Balaban J connectivity index is 1.76. The standard InChI is InChI=1S/C18H17ClN4O/c1-23-9-8-15(17(23)13-3-5-14(19)6-4-13)22-18(24)16-7-2-12(10-20)11-21-16/h2-7,11,15,17H,8-9H2,1H3,(H,22,24)/t15-,17+/m0/s1. The van der Waals surface area contributed by atoms with Gasteiger partial charge in [0.1, 0.15) is 11.8 Å². The van der Waals surface area contributed by atoms with Gasteiger partial charge < -0.3 is 5.32 Å². The number of hydrogen-bond acceptors (Lipinski definition) is 4. The summed E-state index contributed by atoms with van der Waals surface area (Å²) in [6, 6.07) is 13.0. The molecule has 1 fully saturated rings. The quantitative estimate of drug-likeness (QED) is 0.932. The van der Waals surface area contributed by atoms with Gasteiger partial charge in [0.15, 0.2) is 0 Å². The van der Waals surface area contributed by atoms with Gasteiger partial charge in [-0.05, 0) is 43.3 Å². The molecule has 1 saturated heterocycles. The van der Waals surface area contributed by atoms with E-state index in [2.05, 4.69) is 15.2 Å². The topological polar surface area (TPSA) is 69.0 Å². The van der Waals surface area contributed by atoms with E-state index in [9.17, 15) is 4.79 Å². The number of pyridine rings is 1. The van der Waals surface area contributed by atoms with E-state index in [4.69, 9.17) is 16.9 Å². The molecule has 0 bridgehead atoms. The lowest BCUT2D eigenvalue weighted by Crippen LogP contribution is -2.39. The van der Waals surface area contributed by atoms with Crippen LogP contribution in [0.5, 0.6) is 0 Å². The van der Waals surface area contributed by atoms with Gasteiger partial charge >= 0.3 is 0 Å². The highest BCUT2D eigenvalue weighted by Gasteiger charge is 2.34. The van der Waals surface area contributed by atoms with Gasteiger partial charge in [-0.15, -0.1) is 0 Å². The summed E-state index contributed by atoms with van der Waals surface area (Å²) in [6.45, 7) is 0.902. The number of amides is 1. The van der Waals surface area contributed by atoms with Gasteiger partial charge in [0.25, 0.3) is 5.91 Å². The van der Waals surface area contributed by atoms with Gasteiger partial charge in [-0.1, -0.05) is 23.7 Å². The first kappa shape index (κ1) is 16.4. The van der Waals surface area contributed by atoms with E-state index >= 15 is 0 Å². The maximum atomic E-state index is 12.4. The highest BCUT2D eigenvalue weighted by Crippen LogP contribution is 2.31. The van der Waals surface area contributed by atoms with Crippen LogP contribution in [0.15, 0.2) is 42.6 Å². The molecule has 1 aromatic heterocycles. The largest absolute Gasteiger partial charge is 0.346 e. The lowest BCUT2D eigenvalue weighted by Gasteiger charge is -2.26. The van der Waals surface area contributed by atoms with Gasteiger partial charge in [0.2, 0.25) is 0 Å². The maximum absolute atomic E-state index is 12.4. The van der Waals surface area contributed by atoms with Crippen molar-refractivity contribution in [1.82, 2.24) is 15.2 Å². The summed E-state index contributed by atoms with van der Waals surface area (Å²) in [4.78, 5) is 18.7. The third-order valence-corrected chi connectivity index (χ3v) is 4.55. The summed E-state index contributed by atoms with van der Waals surface area (Å²) in [7, 11) is 2.05. The number of likely N-dealkylation sites (tertiary alicyclic amines) is 1. The highest BCUT2D eigenvalue weighted by atomic mass is 35.5. The van der Waals surface area contributed by atoms with Crippen molar-refractivity contribution in [2.75, 3.05) is 13.6 Å². The number of likely N-dealkylation sites (N-methyl/N-ethyl adjacent to an activating group) is 1. The molecule has 0 radical (unpaired) electrons. The van der Waals surface area contributed by atoms with Crippen molar-refractivity contribution in [2.45, 2.75) is 18.5 Å². The minimum Gasteiger partial charge on any atom is -0.346 e. The molecule has 2 aromatic rings. The summed E-state index contributed by atoms with van der Waals surface area (Å²) >= 11 is 5.97. The number of nitrogens with one attached hydrogen (secondary N) is 1. The second kappa shape index (κ2) is 7.00. The van der Waals surface area contributed by atoms with Gasteiger partial charge in [-0.25, -0.2) is 4.98 Å². The number of nitriles is 1. The molecule has 2 atom stereocenters. The minimum atomic E-state index is -0.223. The maximum Gasteiger partial charge on any atom is 0.270 e. The molecule has 1 N–H and O–H groups in total. The number of rotatable bonds is 3. The molecule has 5 nitrogen and oxygen atoms in total. The van der Waals surface area contributed by atoms with E-state index in [1.54, 1.807) is 12.1 Å². The Bertz CT molecular complexity index is 767. The zero-order chi connectivity index (χ0) is 17.1. The Kier molecular flexibility index (Phi) is 4.79. The fourth-order valence-corrected chi connectivity index (χ4v) is 3.21. The highest BCUT2D eigenvalue weighted by molar-refractivity contribution is 6.30. The van der Waals surface area contributed by atoms with E-state index < -0.39 is 0 Å². The van der Waals surface area contributed by atoms with Gasteiger partial charge in [0.05, 0.1) is 17.6 Å². The molecule has 1 aliphatic rings. The molecule has 1 aromatic carbocycles. The number of hydrogen-bond donors (Lipinski definition) is 1. The zero-order valence-electron chi connectivity index (χ0n) is 13.2. The fraction of sp³-hybridized carbons (Fsp3) is 0.278. The molecular formula is C18H17ClN4O. The van der Waals surface area contributed by atoms with Crippen LogP contribution in [0.3, 0.4) is 0 Å². The third kappa shape index (κ3) is 3.40. The molecule has 0 unspecified atom stereocenters. The summed E-state index contributed by atoms with van der Waals surface area (Å²) in [6.07, 6.45) is 2.28. The average molecular weight is 341 g/mol.